The molecule has 0 saturated heterocycles. The molecule has 3 rings (SSSR count). The van der Waals surface area contributed by atoms with Crippen molar-refractivity contribution in [3.63, 3.8) is 0 Å². The average molecular weight is 299 g/mol. The maximum absolute atomic E-state index is 12.0. The van der Waals surface area contributed by atoms with Crippen LogP contribution in [0, 0.1) is 0 Å². The molecule has 1 heterocycles. The number of rotatable bonds is 5. The largest absolute Gasteiger partial charge is 0.351 e. The summed E-state index contributed by atoms with van der Waals surface area (Å²) in [5.74, 6) is 0.706. The van der Waals surface area contributed by atoms with Crippen molar-refractivity contribution in [3.8, 4) is 0 Å². The number of hydrogen-bond donors (Lipinski definition) is 1. The van der Waals surface area contributed by atoms with E-state index in [1.807, 2.05) is 18.2 Å². The predicted molar refractivity (Wildman–Crippen MR) is 81.3 cm³/mol. The summed E-state index contributed by atoms with van der Waals surface area (Å²) in [4.78, 5) is 13.2. The Labute approximate surface area is 125 Å². The van der Waals surface area contributed by atoms with Crippen LogP contribution < -0.4 is 5.32 Å². The zero-order chi connectivity index (χ0) is 14.5. The highest BCUT2D eigenvalue weighted by atomic mass is 32.2. The SMILES string of the molecule is O=C(NCCSc1ccccc1)c1ccc2nonc2c1. The first-order valence-electron chi connectivity index (χ1n) is 6.51. The number of carbonyl (C=O) groups excluding carboxylic acids is 1. The van der Waals surface area contributed by atoms with Gasteiger partial charge in [0.2, 0.25) is 0 Å². The van der Waals surface area contributed by atoms with E-state index in [0.717, 1.165) is 5.75 Å². The van der Waals surface area contributed by atoms with E-state index in [1.54, 1.807) is 30.0 Å². The Hall–Kier alpha value is -2.34. The summed E-state index contributed by atoms with van der Waals surface area (Å²) in [6.45, 7) is 0.605. The first kappa shape index (κ1) is 13.6. The second kappa shape index (κ2) is 6.41. The van der Waals surface area contributed by atoms with Crippen LogP contribution in [-0.2, 0) is 0 Å². The lowest BCUT2D eigenvalue weighted by atomic mass is 10.2. The molecule has 106 valence electrons. The van der Waals surface area contributed by atoms with Crippen molar-refractivity contribution >= 4 is 28.7 Å². The third kappa shape index (κ3) is 3.41. The highest BCUT2D eigenvalue weighted by molar-refractivity contribution is 7.99. The van der Waals surface area contributed by atoms with Gasteiger partial charge in [0.1, 0.15) is 11.0 Å². The number of benzene rings is 2. The number of fused-ring (bicyclic) bond motifs is 1. The number of nitrogens with one attached hydrogen (secondary N) is 1. The summed E-state index contributed by atoms with van der Waals surface area (Å²) in [5.41, 5.74) is 1.79. The fourth-order valence-corrected chi connectivity index (χ4v) is 2.67. The summed E-state index contributed by atoms with van der Waals surface area (Å²) in [5, 5.41) is 10.3. The maximum Gasteiger partial charge on any atom is 0.251 e. The van der Waals surface area contributed by atoms with Gasteiger partial charge in [-0.3, -0.25) is 4.79 Å². The van der Waals surface area contributed by atoms with E-state index >= 15 is 0 Å². The molecule has 0 aliphatic rings. The standard InChI is InChI=1S/C15H13N3O2S/c19-15(11-6-7-13-14(10-11)18-20-17-13)16-8-9-21-12-4-2-1-3-5-12/h1-7,10H,8-9H2,(H,16,19). The van der Waals surface area contributed by atoms with Gasteiger partial charge in [-0.25, -0.2) is 4.63 Å². The van der Waals surface area contributed by atoms with E-state index in [4.69, 9.17) is 0 Å². The Morgan fingerprint density at radius 1 is 1.10 bits per heavy atom. The highest BCUT2D eigenvalue weighted by Crippen LogP contribution is 2.16. The Morgan fingerprint density at radius 2 is 1.90 bits per heavy atom. The fraction of sp³-hybridized carbons (Fsp3) is 0.133. The van der Waals surface area contributed by atoms with Crippen LogP contribution in [0.4, 0.5) is 0 Å². The van der Waals surface area contributed by atoms with Crippen molar-refractivity contribution in [1.29, 1.82) is 0 Å². The molecule has 0 bridgehead atoms. The van der Waals surface area contributed by atoms with Crippen LogP contribution in [0.15, 0.2) is 58.1 Å². The maximum atomic E-state index is 12.0. The first-order valence-corrected chi connectivity index (χ1v) is 7.50. The van der Waals surface area contributed by atoms with Gasteiger partial charge in [-0.1, -0.05) is 18.2 Å². The molecule has 21 heavy (non-hydrogen) atoms. The molecule has 2 aromatic carbocycles. The second-order valence-corrected chi connectivity index (χ2v) is 5.55. The van der Waals surface area contributed by atoms with Crippen molar-refractivity contribution in [3.05, 3.63) is 54.1 Å². The molecule has 1 N–H and O–H groups in total. The Kier molecular flexibility index (Phi) is 4.16. The summed E-state index contributed by atoms with van der Waals surface area (Å²) < 4.78 is 4.61. The Balaban J connectivity index is 1.52. The van der Waals surface area contributed by atoms with Gasteiger partial charge in [-0.15, -0.1) is 11.8 Å². The number of aromatic nitrogens is 2. The molecule has 3 aromatic rings. The van der Waals surface area contributed by atoms with E-state index in [0.29, 0.717) is 23.1 Å². The van der Waals surface area contributed by atoms with E-state index in [2.05, 4.69) is 32.4 Å². The van der Waals surface area contributed by atoms with Gasteiger partial charge in [0.25, 0.3) is 5.91 Å². The lowest BCUT2D eigenvalue weighted by Gasteiger charge is -2.05. The van der Waals surface area contributed by atoms with Gasteiger partial charge >= 0.3 is 0 Å². The van der Waals surface area contributed by atoms with E-state index < -0.39 is 0 Å². The van der Waals surface area contributed by atoms with Gasteiger partial charge in [-0.2, -0.15) is 0 Å². The molecular formula is C15H13N3O2S. The molecule has 5 nitrogen and oxygen atoms in total. The molecule has 0 unspecified atom stereocenters. The van der Waals surface area contributed by atoms with E-state index in [9.17, 15) is 4.79 Å². The zero-order valence-corrected chi connectivity index (χ0v) is 12.0. The third-order valence-corrected chi connectivity index (χ3v) is 3.93. The fourth-order valence-electron chi connectivity index (χ4n) is 1.88. The minimum atomic E-state index is -0.117. The first-order chi connectivity index (χ1) is 10.3. The number of thioether (sulfide) groups is 1. The van der Waals surface area contributed by atoms with Crippen LogP contribution >= 0.6 is 11.8 Å². The molecule has 6 heteroatoms. The van der Waals surface area contributed by atoms with Crippen LogP contribution in [0.2, 0.25) is 0 Å². The third-order valence-electron chi connectivity index (χ3n) is 2.92. The molecule has 0 radical (unpaired) electrons. The minimum Gasteiger partial charge on any atom is -0.351 e. The monoisotopic (exact) mass is 299 g/mol. The topological polar surface area (TPSA) is 68.0 Å². The number of hydrogen-bond acceptors (Lipinski definition) is 5. The number of nitrogens with zero attached hydrogens (tertiary/aromatic N) is 2. The average Bonchev–Trinajstić information content (AvgIpc) is 3.00. The molecule has 0 saturated carbocycles. The molecular weight excluding hydrogens is 286 g/mol. The normalized spacial score (nSPS) is 10.7. The Morgan fingerprint density at radius 3 is 2.76 bits per heavy atom. The molecule has 1 aromatic heterocycles. The second-order valence-electron chi connectivity index (χ2n) is 4.39. The van der Waals surface area contributed by atoms with Crippen molar-refractivity contribution in [2.24, 2.45) is 0 Å². The van der Waals surface area contributed by atoms with Crippen molar-refractivity contribution in [2.45, 2.75) is 4.90 Å². The van der Waals surface area contributed by atoms with E-state index in [-0.39, 0.29) is 5.91 Å². The zero-order valence-electron chi connectivity index (χ0n) is 11.2. The summed E-state index contributed by atoms with van der Waals surface area (Å²) in [6, 6.07) is 15.2. The van der Waals surface area contributed by atoms with Crippen molar-refractivity contribution < 1.29 is 9.42 Å². The van der Waals surface area contributed by atoms with Gasteiger partial charge in [0.15, 0.2) is 0 Å². The predicted octanol–water partition coefficient (Wildman–Crippen LogP) is 2.74. The summed E-state index contributed by atoms with van der Waals surface area (Å²) in [7, 11) is 0. The van der Waals surface area contributed by atoms with Gasteiger partial charge < -0.3 is 5.32 Å². The number of carbonyl (C=O) groups is 1. The van der Waals surface area contributed by atoms with Crippen LogP contribution in [0.1, 0.15) is 10.4 Å². The molecule has 0 atom stereocenters. The van der Waals surface area contributed by atoms with Crippen LogP contribution in [0.5, 0.6) is 0 Å². The van der Waals surface area contributed by atoms with E-state index in [1.165, 1.54) is 4.90 Å². The minimum absolute atomic E-state index is 0.117. The lowest BCUT2D eigenvalue weighted by Crippen LogP contribution is -2.25. The summed E-state index contributed by atoms with van der Waals surface area (Å²) in [6.07, 6.45) is 0. The smallest absolute Gasteiger partial charge is 0.251 e. The van der Waals surface area contributed by atoms with Gasteiger partial charge in [0, 0.05) is 22.8 Å². The Bertz CT molecular complexity index is 743. The van der Waals surface area contributed by atoms with Crippen LogP contribution in [0.25, 0.3) is 11.0 Å². The molecule has 0 aliphatic carbocycles. The lowest BCUT2D eigenvalue weighted by molar-refractivity contribution is 0.0956. The molecule has 0 aliphatic heterocycles. The molecule has 0 spiro atoms. The quantitative estimate of drug-likeness (QED) is 0.579. The van der Waals surface area contributed by atoms with Gasteiger partial charge in [0.05, 0.1) is 0 Å². The number of amides is 1. The van der Waals surface area contributed by atoms with Gasteiger partial charge in [-0.05, 0) is 40.6 Å². The highest BCUT2D eigenvalue weighted by Gasteiger charge is 2.08. The summed E-state index contributed by atoms with van der Waals surface area (Å²) >= 11 is 1.71. The molecule has 0 fully saturated rings. The van der Waals surface area contributed by atoms with Crippen molar-refractivity contribution in [2.75, 3.05) is 12.3 Å². The molecule has 1 amide bonds. The van der Waals surface area contributed by atoms with Crippen LogP contribution in [0.3, 0.4) is 0 Å². The van der Waals surface area contributed by atoms with Crippen molar-refractivity contribution in [1.82, 2.24) is 15.6 Å². The van der Waals surface area contributed by atoms with Crippen LogP contribution in [-0.4, -0.2) is 28.5 Å².